The number of benzene rings is 9. The normalized spacial score (nSPS) is 12.0. The van der Waals surface area contributed by atoms with Gasteiger partial charge in [-0.15, -0.1) is 11.3 Å². The van der Waals surface area contributed by atoms with Crippen molar-refractivity contribution in [2.24, 2.45) is 0 Å². The summed E-state index contributed by atoms with van der Waals surface area (Å²) in [6.07, 6.45) is 0. The van der Waals surface area contributed by atoms with Gasteiger partial charge >= 0.3 is 0 Å². The van der Waals surface area contributed by atoms with Crippen molar-refractivity contribution in [2.75, 3.05) is 0 Å². The lowest BCUT2D eigenvalue weighted by atomic mass is 10.00. The Morgan fingerprint density at radius 2 is 0.945 bits per heavy atom. The summed E-state index contributed by atoms with van der Waals surface area (Å²) in [4.78, 5) is 0. The zero-order valence-electron chi connectivity index (χ0n) is 29.8. The lowest BCUT2D eigenvalue weighted by molar-refractivity contribution is 1.18. The molecule has 3 aromatic heterocycles. The van der Waals surface area contributed by atoms with Crippen molar-refractivity contribution in [3.63, 3.8) is 0 Å². The van der Waals surface area contributed by atoms with Crippen molar-refractivity contribution in [3.05, 3.63) is 194 Å². The first kappa shape index (κ1) is 30.5. The zero-order chi connectivity index (χ0) is 36.0. The fourth-order valence-electron chi connectivity index (χ4n) is 9.02. The van der Waals surface area contributed by atoms with E-state index >= 15 is 0 Å². The molecule has 0 aliphatic carbocycles. The van der Waals surface area contributed by atoms with Gasteiger partial charge in [-0.2, -0.15) is 0 Å². The van der Waals surface area contributed by atoms with Crippen LogP contribution in [0, 0.1) is 0 Å². The predicted octanol–water partition coefficient (Wildman–Crippen LogP) is 14.7. The number of thiophene rings is 1. The second-order valence-electron chi connectivity index (χ2n) is 14.5. The number of hydrogen-bond donors (Lipinski definition) is 0. The van der Waals surface area contributed by atoms with E-state index in [-0.39, 0.29) is 0 Å². The Balaban J connectivity index is 1.07. The number of aromatic nitrogens is 2. The van der Waals surface area contributed by atoms with E-state index in [4.69, 9.17) is 0 Å². The third kappa shape index (κ3) is 4.54. The van der Waals surface area contributed by atoms with Gasteiger partial charge in [0.2, 0.25) is 0 Å². The Labute approximate surface area is 321 Å². The van der Waals surface area contributed by atoms with E-state index in [9.17, 15) is 0 Å². The van der Waals surface area contributed by atoms with Crippen LogP contribution in [-0.2, 0) is 0 Å². The van der Waals surface area contributed by atoms with Crippen LogP contribution in [0.2, 0.25) is 0 Å². The maximum absolute atomic E-state index is 2.49. The number of nitrogens with zero attached hydrogens (tertiary/aromatic N) is 2. The molecule has 12 rings (SSSR count). The molecule has 256 valence electrons. The van der Waals surface area contributed by atoms with Gasteiger partial charge in [-0.3, -0.25) is 0 Å². The highest BCUT2D eigenvalue weighted by atomic mass is 32.1. The molecule has 0 saturated carbocycles. The lowest BCUT2D eigenvalue weighted by Gasteiger charge is -2.14. The first-order chi connectivity index (χ1) is 27.3. The number of para-hydroxylation sites is 2. The predicted molar refractivity (Wildman–Crippen MR) is 236 cm³/mol. The van der Waals surface area contributed by atoms with E-state index in [1.165, 1.54) is 108 Å². The van der Waals surface area contributed by atoms with Crippen molar-refractivity contribution in [3.8, 4) is 33.6 Å². The average molecular weight is 717 g/mol. The molecule has 3 heterocycles. The van der Waals surface area contributed by atoms with Gasteiger partial charge in [-0.25, -0.2) is 0 Å². The minimum atomic E-state index is 1.18. The van der Waals surface area contributed by atoms with Crippen molar-refractivity contribution >= 4 is 85.9 Å². The molecule has 3 heteroatoms. The minimum Gasteiger partial charge on any atom is -0.309 e. The Morgan fingerprint density at radius 1 is 0.327 bits per heavy atom. The number of hydrogen-bond acceptors (Lipinski definition) is 1. The molecule has 12 aromatic rings. The molecule has 0 N–H and O–H groups in total. The van der Waals surface area contributed by atoms with Gasteiger partial charge in [0.05, 0.1) is 27.8 Å². The highest BCUT2D eigenvalue weighted by Crippen LogP contribution is 2.42. The number of rotatable bonds is 4. The summed E-state index contributed by atoms with van der Waals surface area (Å²) < 4.78 is 7.56. The van der Waals surface area contributed by atoms with Gasteiger partial charge in [0, 0.05) is 58.4 Å². The van der Waals surface area contributed by atoms with Gasteiger partial charge in [-0.05, 0) is 76.7 Å². The Kier molecular flexibility index (Phi) is 6.54. The smallest absolute Gasteiger partial charge is 0.0619 e. The van der Waals surface area contributed by atoms with Crippen LogP contribution in [0.3, 0.4) is 0 Å². The molecule has 0 atom stereocenters. The Hall–Kier alpha value is -6.94. The first-order valence-electron chi connectivity index (χ1n) is 18.8. The molecule has 0 saturated heterocycles. The van der Waals surface area contributed by atoms with E-state index in [1.807, 2.05) is 11.3 Å². The molecule has 0 fully saturated rings. The molecule has 9 aromatic carbocycles. The van der Waals surface area contributed by atoms with E-state index in [2.05, 4.69) is 203 Å². The molecular weight excluding hydrogens is 685 g/mol. The maximum atomic E-state index is 2.49. The molecule has 0 amide bonds. The SMILES string of the molecule is c1ccc(-c2ccccc2-n2c3ccccc3c3cc(-c4ccc5c(c4)c4ccc6ccccc6c4n5-c4ccc5c(c4)sc4ccccc45)ccc32)cc1. The summed E-state index contributed by atoms with van der Waals surface area (Å²) in [6, 6.07) is 71.5. The second-order valence-corrected chi connectivity index (χ2v) is 15.6. The molecule has 0 spiro atoms. The topological polar surface area (TPSA) is 9.86 Å². The van der Waals surface area contributed by atoms with Gasteiger partial charge < -0.3 is 9.13 Å². The Bertz CT molecular complexity index is 3490. The van der Waals surface area contributed by atoms with Crippen LogP contribution >= 0.6 is 11.3 Å². The van der Waals surface area contributed by atoms with Crippen LogP contribution in [0.1, 0.15) is 0 Å². The Morgan fingerprint density at radius 3 is 1.80 bits per heavy atom. The van der Waals surface area contributed by atoms with Crippen LogP contribution in [0.4, 0.5) is 0 Å². The zero-order valence-corrected chi connectivity index (χ0v) is 30.6. The van der Waals surface area contributed by atoms with E-state index < -0.39 is 0 Å². The molecule has 0 aliphatic rings. The second kappa shape index (κ2) is 11.8. The third-order valence-electron chi connectivity index (χ3n) is 11.5. The summed E-state index contributed by atoms with van der Waals surface area (Å²) in [7, 11) is 0. The molecule has 2 nitrogen and oxygen atoms in total. The van der Waals surface area contributed by atoms with Crippen LogP contribution < -0.4 is 0 Å². The van der Waals surface area contributed by atoms with Crippen LogP contribution in [0.5, 0.6) is 0 Å². The van der Waals surface area contributed by atoms with Gasteiger partial charge in [0.25, 0.3) is 0 Å². The number of fused-ring (bicyclic) bond motifs is 11. The van der Waals surface area contributed by atoms with Gasteiger partial charge in [-0.1, -0.05) is 140 Å². The first-order valence-corrected chi connectivity index (χ1v) is 19.7. The van der Waals surface area contributed by atoms with Crippen molar-refractivity contribution in [1.82, 2.24) is 9.13 Å². The summed E-state index contributed by atoms with van der Waals surface area (Å²) in [5.41, 5.74) is 12.1. The molecular formula is C52H32N2S. The van der Waals surface area contributed by atoms with Crippen molar-refractivity contribution < 1.29 is 0 Å². The van der Waals surface area contributed by atoms with Gasteiger partial charge in [0.15, 0.2) is 0 Å². The van der Waals surface area contributed by atoms with E-state index in [0.29, 0.717) is 0 Å². The quantitative estimate of drug-likeness (QED) is 0.172. The van der Waals surface area contributed by atoms with Gasteiger partial charge in [0.1, 0.15) is 0 Å². The van der Waals surface area contributed by atoms with Crippen LogP contribution in [0.25, 0.3) is 108 Å². The molecule has 0 radical (unpaired) electrons. The lowest BCUT2D eigenvalue weighted by Crippen LogP contribution is -1.97. The minimum absolute atomic E-state index is 1.18. The maximum Gasteiger partial charge on any atom is 0.0619 e. The molecule has 0 aliphatic heterocycles. The van der Waals surface area contributed by atoms with Crippen LogP contribution in [0.15, 0.2) is 194 Å². The van der Waals surface area contributed by atoms with Crippen molar-refractivity contribution in [2.45, 2.75) is 0 Å². The molecule has 0 bridgehead atoms. The largest absolute Gasteiger partial charge is 0.309 e. The highest BCUT2D eigenvalue weighted by molar-refractivity contribution is 7.25. The standard InChI is InChI=1S/C52H32N2S/c1-2-12-33(13-3-1)38-15-6-9-19-46(38)54-47-20-10-7-17-40(47)44-30-35(24-29-49(44)54)36-23-28-48-45(31-36)43-26-22-34-14-4-5-16-39(34)52(43)53(48)37-25-27-42-41-18-8-11-21-50(41)55-51(42)32-37/h1-32H. The summed E-state index contributed by atoms with van der Waals surface area (Å²) in [6.45, 7) is 0. The highest BCUT2D eigenvalue weighted by Gasteiger charge is 2.19. The van der Waals surface area contributed by atoms with E-state index in [1.54, 1.807) is 0 Å². The average Bonchev–Trinajstić information content (AvgIpc) is 3.91. The summed E-state index contributed by atoms with van der Waals surface area (Å²) in [5, 5.41) is 10.2. The fraction of sp³-hybridized carbons (Fsp3) is 0. The van der Waals surface area contributed by atoms with E-state index in [0.717, 1.165) is 0 Å². The fourth-order valence-corrected chi connectivity index (χ4v) is 10.2. The third-order valence-corrected chi connectivity index (χ3v) is 12.6. The molecule has 55 heavy (non-hydrogen) atoms. The van der Waals surface area contributed by atoms with Crippen LogP contribution in [-0.4, -0.2) is 9.13 Å². The van der Waals surface area contributed by atoms with Crippen molar-refractivity contribution in [1.29, 1.82) is 0 Å². The molecule has 0 unspecified atom stereocenters. The monoisotopic (exact) mass is 716 g/mol. The summed E-state index contributed by atoms with van der Waals surface area (Å²) in [5.74, 6) is 0. The summed E-state index contributed by atoms with van der Waals surface area (Å²) >= 11 is 1.87.